The number of nitro groups is 1. The Hall–Kier alpha value is -1.66. The van der Waals surface area contributed by atoms with Crippen LogP contribution in [0.1, 0.15) is 12.5 Å². The first-order valence-corrected chi connectivity index (χ1v) is 3.82. The SMILES string of the molecule is CC(O)(O)c1c(N)cccc1[N+](=O)[O-]. The molecular formula is C8H10N2O4. The number of nitrogen functional groups attached to an aromatic ring is 1. The Balaban J connectivity index is 3.45. The van der Waals surface area contributed by atoms with Crippen LogP contribution in [0.15, 0.2) is 18.2 Å². The minimum atomic E-state index is -2.31. The van der Waals surface area contributed by atoms with Gasteiger partial charge in [0.15, 0.2) is 5.79 Å². The van der Waals surface area contributed by atoms with E-state index in [1.165, 1.54) is 12.1 Å². The Morgan fingerprint density at radius 3 is 2.43 bits per heavy atom. The summed E-state index contributed by atoms with van der Waals surface area (Å²) in [5.41, 5.74) is 4.71. The second-order valence-corrected chi connectivity index (χ2v) is 3.02. The van der Waals surface area contributed by atoms with E-state index >= 15 is 0 Å². The highest BCUT2D eigenvalue weighted by Crippen LogP contribution is 2.32. The maximum Gasteiger partial charge on any atom is 0.280 e. The van der Waals surface area contributed by atoms with E-state index in [0.29, 0.717) is 0 Å². The molecule has 0 saturated carbocycles. The van der Waals surface area contributed by atoms with Gasteiger partial charge in [-0.15, -0.1) is 0 Å². The largest absolute Gasteiger partial charge is 0.398 e. The van der Waals surface area contributed by atoms with E-state index in [0.717, 1.165) is 13.0 Å². The molecule has 0 atom stereocenters. The summed E-state index contributed by atoms with van der Waals surface area (Å²) in [4.78, 5) is 9.84. The van der Waals surface area contributed by atoms with Gasteiger partial charge in [0.2, 0.25) is 0 Å². The molecule has 0 aliphatic carbocycles. The lowest BCUT2D eigenvalue weighted by Crippen LogP contribution is -2.23. The van der Waals surface area contributed by atoms with Crippen LogP contribution in [0.5, 0.6) is 0 Å². The van der Waals surface area contributed by atoms with Crippen molar-refractivity contribution < 1.29 is 15.1 Å². The van der Waals surface area contributed by atoms with E-state index in [4.69, 9.17) is 5.73 Å². The fourth-order valence-corrected chi connectivity index (χ4v) is 1.23. The highest BCUT2D eigenvalue weighted by atomic mass is 16.6. The zero-order valence-corrected chi connectivity index (χ0v) is 7.47. The molecule has 0 aliphatic rings. The van der Waals surface area contributed by atoms with E-state index in [9.17, 15) is 20.3 Å². The molecule has 0 spiro atoms. The Kier molecular flexibility index (Phi) is 2.41. The highest BCUT2D eigenvalue weighted by molar-refractivity contribution is 5.59. The quantitative estimate of drug-likeness (QED) is 0.274. The lowest BCUT2D eigenvalue weighted by molar-refractivity contribution is -0.387. The topological polar surface area (TPSA) is 110 Å². The molecule has 1 aromatic rings. The zero-order valence-electron chi connectivity index (χ0n) is 7.47. The van der Waals surface area contributed by atoms with Crippen molar-refractivity contribution in [3.05, 3.63) is 33.9 Å². The van der Waals surface area contributed by atoms with Gasteiger partial charge in [0, 0.05) is 11.8 Å². The van der Waals surface area contributed by atoms with Crippen molar-refractivity contribution >= 4 is 11.4 Å². The summed E-state index contributed by atoms with van der Waals surface area (Å²) in [5, 5.41) is 29.1. The monoisotopic (exact) mass is 198 g/mol. The Bertz CT molecular complexity index is 370. The number of hydrogen-bond acceptors (Lipinski definition) is 5. The summed E-state index contributed by atoms with van der Waals surface area (Å²) in [7, 11) is 0. The first-order chi connectivity index (χ1) is 6.34. The standard InChI is InChI=1S/C8H10N2O4/c1-8(11,12)7-5(9)3-2-4-6(7)10(13)14/h2-4,11-12H,9H2,1H3. The van der Waals surface area contributed by atoms with Gasteiger partial charge in [0.05, 0.1) is 4.92 Å². The smallest absolute Gasteiger partial charge is 0.280 e. The molecule has 1 aromatic carbocycles. The average molecular weight is 198 g/mol. The van der Waals surface area contributed by atoms with Crippen molar-refractivity contribution in [3.8, 4) is 0 Å². The Labute approximate surface area is 79.7 Å². The number of nitrogens with zero attached hydrogens (tertiary/aromatic N) is 1. The molecule has 14 heavy (non-hydrogen) atoms. The van der Waals surface area contributed by atoms with Crippen molar-refractivity contribution in [1.29, 1.82) is 0 Å². The van der Waals surface area contributed by atoms with E-state index in [1.807, 2.05) is 0 Å². The number of nitrogens with two attached hydrogens (primary N) is 1. The number of benzene rings is 1. The zero-order chi connectivity index (χ0) is 10.9. The Morgan fingerprint density at radius 1 is 1.50 bits per heavy atom. The maximum atomic E-state index is 10.5. The van der Waals surface area contributed by atoms with Crippen LogP contribution in [0.25, 0.3) is 0 Å². The van der Waals surface area contributed by atoms with Crippen molar-refractivity contribution in [1.82, 2.24) is 0 Å². The predicted octanol–water partition coefficient (Wildman–Crippen LogP) is 0.334. The van der Waals surface area contributed by atoms with E-state index in [2.05, 4.69) is 0 Å². The van der Waals surface area contributed by atoms with Crippen LogP contribution in [0.3, 0.4) is 0 Å². The predicted molar refractivity (Wildman–Crippen MR) is 49.3 cm³/mol. The second kappa shape index (κ2) is 3.24. The van der Waals surface area contributed by atoms with Gasteiger partial charge in [-0.2, -0.15) is 0 Å². The van der Waals surface area contributed by atoms with Gasteiger partial charge < -0.3 is 15.9 Å². The molecule has 4 N–H and O–H groups in total. The lowest BCUT2D eigenvalue weighted by atomic mass is 10.0. The lowest BCUT2D eigenvalue weighted by Gasteiger charge is -2.17. The van der Waals surface area contributed by atoms with Gasteiger partial charge in [-0.25, -0.2) is 0 Å². The van der Waals surface area contributed by atoms with Crippen molar-refractivity contribution in [2.45, 2.75) is 12.7 Å². The third kappa shape index (κ3) is 1.81. The minimum absolute atomic E-state index is 0.0216. The third-order valence-electron chi connectivity index (χ3n) is 1.74. The van der Waals surface area contributed by atoms with Crippen molar-refractivity contribution in [2.24, 2.45) is 0 Å². The van der Waals surface area contributed by atoms with E-state index in [-0.39, 0.29) is 11.3 Å². The van der Waals surface area contributed by atoms with Crippen LogP contribution in [0, 0.1) is 10.1 Å². The van der Waals surface area contributed by atoms with Crippen LogP contribution in [-0.4, -0.2) is 15.1 Å². The summed E-state index contributed by atoms with van der Waals surface area (Å²) in [5.74, 6) is -2.31. The van der Waals surface area contributed by atoms with Gasteiger partial charge >= 0.3 is 0 Å². The van der Waals surface area contributed by atoms with Crippen molar-refractivity contribution in [2.75, 3.05) is 5.73 Å². The average Bonchev–Trinajstić information content (AvgIpc) is 2.01. The minimum Gasteiger partial charge on any atom is -0.398 e. The fourth-order valence-electron chi connectivity index (χ4n) is 1.23. The molecule has 0 heterocycles. The molecule has 0 fully saturated rings. The van der Waals surface area contributed by atoms with Crippen LogP contribution in [0.2, 0.25) is 0 Å². The normalized spacial score (nSPS) is 11.4. The van der Waals surface area contributed by atoms with E-state index < -0.39 is 16.4 Å². The summed E-state index contributed by atoms with van der Waals surface area (Å²) in [6.07, 6.45) is 0. The molecule has 0 aliphatic heterocycles. The molecule has 76 valence electrons. The summed E-state index contributed by atoms with van der Waals surface area (Å²) in [6.45, 7) is 1.02. The van der Waals surface area contributed by atoms with Crippen LogP contribution < -0.4 is 5.73 Å². The van der Waals surface area contributed by atoms with Gasteiger partial charge in [-0.05, 0) is 13.0 Å². The van der Waals surface area contributed by atoms with Crippen LogP contribution in [-0.2, 0) is 5.79 Å². The number of rotatable bonds is 2. The number of aliphatic hydroxyl groups is 2. The second-order valence-electron chi connectivity index (χ2n) is 3.02. The molecule has 0 unspecified atom stereocenters. The van der Waals surface area contributed by atoms with Gasteiger partial charge in [0.25, 0.3) is 5.69 Å². The van der Waals surface area contributed by atoms with Crippen LogP contribution in [0.4, 0.5) is 11.4 Å². The number of nitro benzene ring substituents is 1. The molecule has 0 aromatic heterocycles. The van der Waals surface area contributed by atoms with Gasteiger partial charge in [-0.1, -0.05) is 6.07 Å². The van der Waals surface area contributed by atoms with Crippen molar-refractivity contribution in [3.63, 3.8) is 0 Å². The third-order valence-corrected chi connectivity index (χ3v) is 1.74. The molecule has 6 heteroatoms. The first kappa shape index (κ1) is 10.4. The summed E-state index contributed by atoms with van der Waals surface area (Å²) in [6, 6.07) is 3.91. The Morgan fingerprint density at radius 2 is 2.07 bits per heavy atom. The molecule has 0 amide bonds. The maximum absolute atomic E-state index is 10.5. The molecule has 1 rings (SSSR count). The van der Waals surface area contributed by atoms with Crippen LogP contribution >= 0.6 is 0 Å². The molecule has 0 radical (unpaired) electrons. The number of hydrogen-bond donors (Lipinski definition) is 3. The van der Waals surface area contributed by atoms with Gasteiger partial charge in [-0.3, -0.25) is 10.1 Å². The summed E-state index contributed by atoms with van der Waals surface area (Å²) < 4.78 is 0. The first-order valence-electron chi connectivity index (χ1n) is 3.82. The number of anilines is 1. The molecule has 0 saturated heterocycles. The molecule has 0 bridgehead atoms. The van der Waals surface area contributed by atoms with E-state index in [1.54, 1.807) is 0 Å². The summed E-state index contributed by atoms with van der Waals surface area (Å²) >= 11 is 0. The highest BCUT2D eigenvalue weighted by Gasteiger charge is 2.30. The molecular weight excluding hydrogens is 188 g/mol. The fraction of sp³-hybridized carbons (Fsp3) is 0.250. The van der Waals surface area contributed by atoms with Gasteiger partial charge in [0.1, 0.15) is 5.56 Å². The molecule has 6 nitrogen and oxygen atoms in total.